The van der Waals surface area contributed by atoms with Gasteiger partial charge >= 0.3 is 41.5 Å². The van der Waals surface area contributed by atoms with E-state index in [-0.39, 0.29) is 29.6 Å². The van der Waals surface area contributed by atoms with Gasteiger partial charge in [-0.3, -0.25) is 9.59 Å². The zero-order chi connectivity index (χ0) is 8.57. The minimum absolute atomic E-state index is 0. The largest absolute Gasteiger partial charge is 1.00 e. The van der Waals surface area contributed by atoms with E-state index in [0.717, 1.165) is 0 Å². The van der Waals surface area contributed by atoms with Crippen LogP contribution in [0.4, 0.5) is 0 Å². The summed E-state index contributed by atoms with van der Waals surface area (Å²) >= 11 is 0. The summed E-state index contributed by atoms with van der Waals surface area (Å²) < 4.78 is 0. The van der Waals surface area contributed by atoms with Crippen molar-refractivity contribution in [2.75, 3.05) is 6.54 Å². The summed E-state index contributed by atoms with van der Waals surface area (Å²) in [6.07, 6.45) is -0.806. The van der Waals surface area contributed by atoms with E-state index in [1.165, 1.54) is 0 Å². The van der Waals surface area contributed by atoms with E-state index in [4.69, 9.17) is 15.9 Å². The van der Waals surface area contributed by atoms with Crippen molar-refractivity contribution in [2.24, 2.45) is 5.73 Å². The van der Waals surface area contributed by atoms with E-state index in [9.17, 15) is 9.59 Å². The Balaban J connectivity index is -0.000000140. The third-order valence-electron chi connectivity index (χ3n) is 0.302. The van der Waals surface area contributed by atoms with E-state index < -0.39 is 18.4 Å². The quantitative estimate of drug-likeness (QED) is 0.226. The molecule has 0 aromatic carbocycles. The van der Waals surface area contributed by atoms with E-state index >= 15 is 0 Å². The van der Waals surface area contributed by atoms with Crippen LogP contribution in [0, 0.1) is 6.92 Å². The van der Waals surface area contributed by atoms with Gasteiger partial charge in [-0.05, 0) is 0 Å². The average Bonchev–Trinajstić information content (AvgIpc) is 1.62. The summed E-state index contributed by atoms with van der Waals surface area (Å²) in [6, 6.07) is 0. The number of carboxylic acids is 2. The van der Waals surface area contributed by atoms with Crippen molar-refractivity contribution in [1.29, 1.82) is 0 Å². The van der Waals surface area contributed by atoms with E-state index in [1.807, 2.05) is 0 Å². The third-order valence-corrected chi connectivity index (χ3v) is 0.302. The Morgan fingerprint density at radius 2 is 1.45 bits per heavy atom. The molecule has 0 saturated heterocycles. The molecule has 6 heteroatoms. The zero-order valence-electron chi connectivity index (χ0n) is 6.41. The van der Waals surface area contributed by atoms with Gasteiger partial charge in [0.25, 0.3) is 0 Å². The topological polar surface area (TPSA) is 101 Å². The molecule has 0 aliphatic heterocycles. The minimum Gasteiger partial charge on any atom is -0.481 e. The van der Waals surface area contributed by atoms with Crippen LogP contribution in [0.5, 0.6) is 0 Å². The van der Waals surface area contributed by atoms with Crippen LogP contribution < -0.4 is 35.3 Å². The number of aliphatic carboxylic acids is 2. The smallest absolute Gasteiger partial charge is 0.481 e. The Labute approximate surface area is 86.9 Å². The second-order valence-corrected chi connectivity index (χ2v) is 1.25. The molecule has 0 bridgehead atoms. The number of hydrogen-bond donors (Lipinski definition) is 3. The van der Waals surface area contributed by atoms with Gasteiger partial charge in [-0.25, -0.2) is 0 Å². The summed E-state index contributed by atoms with van der Waals surface area (Å²) in [5, 5.41) is 15.4. The molecule has 0 aliphatic rings. The molecule has 0 heterocycles. The molecule has 0 aromatic heterocycles. The van der Waals surface area contributed by atoms with Gasteiger partial charge in [-0.1, -0.05) is 0 Å². The molecule has 0 fully saturated rings. The fourth-order valence-corrected chi connectivity index (χ4v) is 0.129. The van der Waals surface area contributed by atoms with E-state index in [0.29, 0.717) is 6.54 Å². The molecular weight excluding hydrogens is 161 g/mol. The maximum absolute atomic E-state index is 9.43. The van der Waals surface area contributed by atoms with Crippen molar-refractivity contribution in [3.8, 4) is 0 Å². The molecule has 60 valence electrons. The Morgan fingerprint density at radius 3 is 1.45 bits per heavy atom. The summed E-state index contributed by atoms with van der Waals surface area (Å²) in [5.74, 6) is -2.62. The van der Waals surface area contributed by atoms with Gasteiger partial charge in [0.15, 0.2) is 0 Å². The van der Waals surface area contributed by atoms with E-state index in [1.54, 1.807) is 0 Å². The van der Waals surface area contributed by atoms with Gasteiger partial charge in [0, 0.05) is 0 Å². The van der Waals surface area contributed by atoms with Crippen LogP contribution in [-0.2, 0) is 9.59 Å². The maximum atomic E-state index is 9.43. The molecular formula is C5H10NNaO4. The second-order valence-electron chi connectivity index (χ2n) is 1.25. The predicted molar refractivity (Wildman–Crippen MR) is 34.3 cm³/mol. The first-order chi connectivity index (χ1) is 4.54. The average molecular weight is 171 g/mol. The van der Waals surface area contributed by atoms with Crippen molar-refractivity contribution in [3.63, 3.8) is 0 Å². The molecule has 5 nitrogen and oxygen atoms in total. The van der Waals surface area contributed by atoms with Crippen LogP contribution in [0.15, 0.2) is 0 Å². The fourth-order valence-electron chi connectivity index (χ4n) is 0.129. The van der Waals surface area contributed by atoms with Crippen LogP contribution in [0.1, 0.15) is 6.42 Å². The molecule has 0 amide bonds. The first kappa shape index (κ1) is 17.1. The van der Waals surface area contributed by atoms with Crippen molar-refractivity contribution in [1.82, 2.24) is 0 Å². The van der Waals surface area contributed by atoms with Crippen LogP contribution in [-0.4, -0.2) is 28.7 Å². The number of hydrogen-bond acceptors (Lipinski definition) is 3. The molecule has 0 unspecified atom stereocenters. The van der Waals surface area contributed by atoms with Gasteiger partial charge in [0.1, 0.15) is 6.42 Å². The molecule has 0 radical (unpaired) electrons. The minimum atomic E-state index is -1.31. The molecule has 0 aliphatic carbocycles. The summed E-state index contributed by atoms with van der Waals surface area (Å²) in [6.45, 7) is 3.76. The number of carbonyl (C=O) groups is 2. The molecule has 0 rings (SSSR count). The van der Waals surface area contributed by atoms with Gasteiger partial charge in [0.05, 0.1) is 0 Å². The number of nitrogens with two attached hydrogens (primary N) is 1. The zero-order valence-corrected chi connectivity index (χ0v) is 8.41. The van der Waals surface area contributed by atoms with Gasteiger partial charge < -0.3 is 22.9 Å². The first-order valence-electron chi connectivity index (χ1n) is 2.47. The van der Waals surface area contributed by atoms with Gasteiger partial charge in [-0.2, -0.15) is 0 Å². The Hall–Kier alpha value is -0.100. The maximum Gasteiger partial charge on any atom is 1.00 e. The van der Waals surface area contributed by atoms with Crippen LogP contribution in [0.3, 0.4) is 0 Å². The summed E-state index contributed by atoms with van der Waals surface area (Å²) in [4.78, 5) is 18.9. The van der Waals surface area contributed by atoms with Crippen LogP contribution in [0.2, 0.25) is 0 Å². The monoisotopic (exact) mass is 171 g/mol. The predicted octanol–water partition coefficient (Wildman–Crippen LogP) is -3.67. The van der Waals surface area contributed by atoms with Crippen molar-refractivity contribution >= 4 is 11.9 Å². The standard InChI is InChI=1S/C3H4O4.C2H6N.Na/c4-2(5)1-3(6)7;1-2-3;/h1H2,(H,4,5)(H,6,7);1-3H2;/q;-1;+1. The molecule has 0 saturated carbocycles. The van der Waals surface area contributed by atoms with E-state index in [2.05, 4.69) is 6.92 Å². The summed E-state index contributed by atoms with van der Waals surface area (Å²) in [5.41, 5.74) is 4.74. The SMILES string of the molecule is O=C(O)CC(=O)O.[CH2-]CN.[Na+]. The Morgan fingerprint density at radius 1 is 1.27 bits per heavy atom. The van der Waals surface area contributed by atoms with Crippen molar-refractivity contribution in [2.45, 2.75) is 6.42 Å². The van der Waals surface area contributed by atoms with Gasteiger partial charge in [0.2, 0.25) is 0 Å². The van der Waals surface area contributed by atoms with Crippen LogP contribution in [0.25, 0.3) is 0 Å². The third kappa shape index (κ3) is 40.6. The number of carboxylic acid groups (broad SMARTS) is 2. The first-order valence-corrected chi connectivity index (χ1v) is 2.47. The molecule has 0 atom stereocenters. The Kier molecular flexibility index (Phi) is 19.6. The molecule has 4 N–H and O–H groups in total. The van der Waals surface area contributed by atoms with Gasteiger partial charge in [-0.15, -0.1) is 6.54 Å². The fraction of sp³-hybridized carbons (Fsp3) is 0.400. The molecule has 0 aromatic rings. The molecule has 0 spiro atoms. The number of rotatable bonds is 2. The second kappa shape index (κ2) is 12.6. The summed E-state index contributed by atoms with van der Waals surface area (Å²) in [7, 11) is 0. The van der Waals surface area contributed by atoms with Crippen molar-refractivity contribution < 1.29 is 49.4 Å². The normalized spacial score (nSPS) is 6.73. The van der Waals surface area contributed by atoms with Crippen LogP contribution >= 0.6 is 0 Å². The molecule has 11 heavy (non-hydrogen) atoms. The Bertz CT molecular complexity index is 105. The van der Waals surface area contributed by atoms with Crippen molar-refractivity contribution in [3.05, 3.63) is 6.92 Å².